The molecule has 4 rings (SSSR count). The van der Waals surface area contributed by atoms with E-state index in [0.717, 1.165) is 27.9 Å². The van der Waals surface area contributed by atoms with Crippen molar-refractivity contribution in [1.29, 1.82) is 0 Å². The number of nitrogens with one attached hydrogen (secondary N) is 1. The van der Waals surface area contributed by atoms with Crippen molar-refractivity contribution < 1.29 is 0 Å². The summed E-state index contributed by atoms with van der Waals surface area (Å²) in [4.78, 5) is 2.63. The Kier molecular flexibility index (Phi) is 3.27. The molecule has 0 spiro atoms. The molecule has 2 aliphatic heterocycles. The van der Waals surface area contributed by atoms with E-state index < -0.39 is 0 Å². The van der Waals surface area contributed by atoms with Gasteiger partial charge in [0.05, 0.1) is 5.69 Å². The van der Waals surface area contributed by atoms with Gasteiger partial charge in [-0.2, -0.15) is 5.10 Å². The topological polar surface area (TPSA) is 31.9 Å². The molecule has 3 nitrogen and oxygen atoms in total. The lowest BCUT2D eigenvalue weighted by atomic mass is 9.98. The average molecular weight is 302 g/mol. The second kappa shape index (κ2) is 5.15. The smallest absolute Gasteiger partial charge is 0.0926 e. The average Bonchev–Trinajstić information content (AvgIpc) is 3.14. The molecule has 1 N–H and O–H groups in total. The van der Waals surface area contributed by atoms with Gasteiger partial charge < -0.3 is 0 Å². The van der Waals surface area contributed by atoms with Crippen LogP contribution >= 0.6 is 11.6 Å². The molecule has 21 heavy (non-hydrogen) atoms. The number of fused-ring (bicyclic) bond motifs is 1. The number of nitrogens with zero attached hydrogens (tertiary/aromatic N) is 2. The van der Waals surface area contributed by atoms with Gasteiger partial charge in [-0.3, -0.25) is 10.00 Å². The molecule has 0 amide bonds. The Morgan fingerprint density at radius 3 is 3.14 bits per heavy atom. The van der Waals surface area contributed by atoms with Crippen LogP contribution in [0, 0.1) is 6.92 Å². The van der Waals surface area contributed by atoms with Gasteiger partial charge in [0.15, 0.2) is 0 Å². The molecule has 0 aliphatic carbocycles. The van der Waals surface area contributed by atoms with Crippen LogP contribution in [0.1, 0.15) is 36.4 Å². The third kappa shape index (κ3) is 2.29. The van der Waals surface area contributed by atoms with E-state index in [-0.39, 0.29) is 0 Å². The summed E-state index contributed by atoms with van der Waals surface area (Å²) in [7, 11) is 0. The van der Waals surface area contributed by atoms with Gasteiger partial charge >= 0.3 is 0 Å². The van der Waals surface area contributed by atoms with E-state index in [1.165, 1.54) is 38.0 Å². The molecule has 110 valence electrons. The van der Waals surface area contributed by atoms with Crippen LogP contribution in [-0.2, 0) is 0 Å². The monoisotopic (exact) mass is 301 g/mol. The fraction of sp³-hybridized carbons (Fsp3) is 0.471. The van der Waals surface area contributed by atoms with Crippen LogP contribution in [0.5, 0.6) is 0 Å². The zero-order chi connectivity index (χ0) is 14.4. The fourth-order valence-corrected chi connectivity index (χ4v) is 4.06. The summed E-state index contributed by atoms with van der Waals surface area (Å²) < 4.78 is 0. The summed E-state index contributed by atoms with van der Waals surface area (Å²) in [6.07, 6.45) is 4.01. The molecule has 1 aromatic carbocycles. The first-order valence-electron chi connectivity index (χ1n) is 7.77. The molecule has 4 heteroatoms. The molecule has 2 aliphatic rings. The van der Waals surface area contributed by atoms with Crippen LogP contribution in [0.15, 0.2) is 24.3 Å². The highest BCUT2D eigenvalue weighted by Gasteiger charge is 2.36. The molecule has 0 radical (unpaired) electrons. The van der Waals surface area contributed by atoms with Crippen LogP contribution in [0.25, 0.3) is 11.3 Å². The van der Waals surface area contributed by atoms with Gasteiger partial charge in [-0.15, -0.1) is 0 Å². The van der Waals surface area contributed by atoms with Gasteiger partial charge in [0.1, 0.15) is 0 Å². The van der Waals surface area contributed by atoms with Crippen molar-refractivity contribution in [2.45, 2.75) is 38.1 Å². The lowest BCUT2D eigenvalue weighted by Crippen LogP contribution is -2.22. The van der Waals surface area contributed by atoms with Crippen molar-refractivity contribution in [2.24, 2.45) is 0 Å². The predicted molar refractivity (Wildman–Crippen MR) is 85.7 cm³/mol. The molecule has 1 aromatic heterocycles. The largest absolute Gasteiger partial charge is 0.300 e. The minimum absolute atomic E-state index is 0.607. The quantitative estimate of drug-likeness (QED) is 0.909. The number of benzene rings is 1. The van der Waals surface area contributed by atoms with Crippen LogP contribution < -0.4 is 0 Å². The Morgan fingerprint density at radius 2 is 2.29 bits per heavy atom. The van der Waals surface area contributed by atoms with Crippen LogP contribution in [-0.4, -0.2) is 34.2 Å². The number of aromatic amines is 1. The van der Waals surface area contributed by atoms with Gasteiger partial charge in [-0.25, -0.2) is 0 Å². The maximum Gasteiger partial charge on any atom is 0.0926 e. The van der Waals surface area contributed by atoms with Crippen LogP contribution in [0.3, 0.4) is 0 Å². The summed E-state index contributed by atoms with van der Waals surface area (Å²) in [5, 5.41) is 8.59. The van der Waals surface area contributed by atoms with Gasteiger partial charge in [-0.05, 0) is 50.4 Å². The van der Waals surface area contributed by atoms with Crippen molar-refractivity contribution in [2.75, 3.05) is 13.1 Å². The van der Waals surface area contributed by atoms with E-state index in [2.05, 4.69) is 34.2 Å². The Labute approximate surface area is 130 Å². The van der Waals surface area contributed by atoms with E-state index in [1.807, 2.05) is 12.1 Å². The lowest BCUT2D eigenvalue weighted by Gasteiger charge is -2.12. The Hall–Kier alpha value is -1.32. The molecule has 2 unspecified atom stereocenters. The maximum atomic E-state index is 6.22. The third-order valence-corrected chi connectivity index (χ3v) is 5.50. The summed E-state index contributed by atoms with van der Waals surface area (Å²) in [5.74, 6) is 0.607. The van der Waals surface area contributed by atoms with Crippen LogP contribution in [0.4, 0.5) is 0 Å². The SMILES string of the molecule is Cc1c(Cl)cccc1-c1cc(C2CC3CCCN3C2)[nH]n1. The number of H-pyrrole nitrogens is 1. The second-order valence-electron chi connectivity index (χ2n) is 6.34. The zero-order valence-electron chi connectivity index (χ0n) is 12.3. The van der Waals surface area contributed by atoms with Crippen molar-refractivity contribution >= 4 is 11.6 Å². The molecule has 2 saturated heterocycles. The number of hydrogen-bond donors (Lipinski definition) is 1. The van der Waals surface area contributed by atoms with E-state index in [1.54, 1.807) is 0 Å². The minimum Gasteiger partial charge on any atom is -0.300 e. The Bertz CT molecular complexity index is 652. The molecule has 2 atom stereocenters. The van der Waals surface area contributed by atoms with Crippen molar-refractivity contribution in [1.82, 2.24) is 15.1 Å². The molecular weight excluding hydrogens is 282 g/mol. The highest BCUT2D eigenvalue weighted by atomic mass is 35.5. The molecule has 2 fully saturated rings. The minimum atomic E-state index is 0.607. The summed E-state index contributed by atoms with van der Waals surface area (Å²) in [6.45, 7) is 4.51. The molecule has 2 aromatic rings. The number of hydrogen-bond acceptors (Lipinski definition) is 2. The standard InChI is InChI=1S/C17H20ClN3/c1-11-14(5-2-6-15(11)18)17-9-16(19-20-17)12-8-13-4-3-7-21(13)10-12/h2,5-6,9,12-13H,3-4,7-8,10H2,1H3,(H,19,20). The zero-order valence-corrected chi connectivity index (χ0v) is 13.0. The van der Waals surface area contributed by atoms with Crippen molar-refractivity contribution in [3.05, 3.63) is 40.5 Å². The normalized spacial score (nSPS) is 25.4. The summed E-state index contributed by atoms with van der Waals surface area (Å²) in [5.41, 5.74) is 4.52. The lowest BCUT2D eigenvalue weighted by molar-refractivity contribution is 0.322. The number of halogens is 1. The van der Waals surface area contributed by atoms with Crippen molar-refractivity contribution in [3.63, 3.8) is 0 Å². The maximum absolute atomic E-state index is 6.22. The summed E-state index contributed by atoms with van der Waals surface area (Å²) in [6, 6.07) is 9.03. The summed E-state index contributed by atoms with van der Waals surface area (Å²) >= 11 is 6.22. The van der Waals surface area contributed by atoms with Crippen LogP contribution in [0.2, 0.25) is 5.02 Å². The fourth-order valence-electron chi connectivity index (χ4n) is 3.88. The first kappa shape index (κ1) is 13.4. The van der Waals surface area contributed by atoms with Gasteiger partial charge in [0.2, 0.25) is 0 Å². The first-order valence-corrected chi connectivity index (χ1v) is 8.15. The van der Waals surface area contributed by atoms with Gasteiger partial charge in [0.25, 0.3) is 0 Å². The van der Waals surface area contributed by atoms with Gasteiger partial charge in [0, 0.05) is 34.8 Å². The third-order valence-electron chi connectivity index (χ3n) is 5.09. The predicted octanol–water partition coefficient (Wildman–Crippen LogP) is 3.99. The molecule has 0 bridgehead atoms. The highest BCUT2D eigenvalue weighted by Crippen LogP contribution is 2.37. The number of aromatic nitrogens is 2. The number of rotatable bonds is 2. The first-order chi connectivity index (χ1) is 10.2. The Morgan fingerprint density at radius 1 is 1.38 bits per heavy atom. The van der Waals surface area contributed by atoms with E-state index in [9.17, 15) is 0 Å². The molecule has 0 saturated carbocycles. The van der Waals surface area contributed by atoms with E-state index in [4.69, 9.17) is 11.6 Å². The highest BCUT2D eigenvalue weighted by molar-refractivity contribution is 6.31. The van der Waals surface area contributed by atoms with E-state index in [0.29, 0.717) is 5.92 Å². The van der Waals surface area contributed by atoms with Crippen molar-refractivity contribution in [3.8, 4) is 11.3 Å². The molecule has 3 heterocycles. The molecular formula is C17H20ClN3. The Balaban J connectivity index is 1.60. The van der Waals surface area contributed by atoms with Gasteiger partial charge in [-0.1, -0.05) is 23.7 Å². The van der Waals surface area contributed by atoms with E-state index >= 15 is 0 Å². The second-order valence-corrected chi connectivity index (χ2v) is 6.75.